The van der Waals surface area contributed by atoms with Gasteiger partial charge in [0.2, 0.25) is 0 Å². The summed E-state index contributed by atoms with van der Waals surface area (Å²) in [7, 11) is 0. The SMILES string of the molecule is O=C(O)c1ccc(NC(=O)c2cnccc2Cl)cn1. The van der Waals surface area contributed by atoms with Gasteiger partial charge in [0.15, 0.2) is 0 Å². The van der Waals surface area contributed by atoms with E-state index in [1.54, 1.807) is 0 Å². The Bertz CT molecular complexity index is 628. The molecule has 0 atom stereocenters. The number of halogens is 1. The Kier molecular flexibility index (Phi) is 3.72. The van der Waals surface area contributed by atoms with Gasteiger partial charge in [0.25, 0.3) is 5.91 Å². The molecule has 0 unspecified atom stereocenters. The molecule has 0 fully saturated rings. The molecule has 0 bridgehead atoms. The minimum Gasteiger partial charge on any atom is -0.477 e. The Morgan fingerprint density at radius 3 is 2.58 bits per heavy atom. The average Bonchev–Trinajstić information content (AvgIpc) is 2.39. The first-order chi connectivity index (χ1) is 9.08. The molecule has 2 aromatic heterocycles. The molecule has 2 heterocycles. The van der Waals surface area contributed by atoms with Gasteiger partial charge in [-0.15, -0.1) is 0 Å². The molecule has 0 saturated heterocycles. The highest BCUT2D eigenvalue weighted by Crippen LogP contribution is 2.15. The van der Waals surface area contributed by atoms with Crippen molar-refractivity contribution in [1.82, 2.24) is 9.97 Å². The second-order valence-corrected chi connectivity index (χ2v) is 3.95. The van der Waals surface area contributed by atoms with Crippen molar-refractivity contribution in [1.29, 1.82) is 0 Å². The number of amides is 1. The molecule has 0 aromatic carbocycles. The van der Waals surface area contributed by atoms with Gasteiger partial charge in [0, 0.05) is 12.4 Å². The van der Waals surface area contributed by atoms with Crippen molar-refractivity contribution in [2.24, 2.45) is 0 Å². The molecule has 0 aliphatic carbocycles. The van der Waals surface area contributed by atoms with Gasteiger partial charge >= 0.3 is 5.97 Å². The number of carboxylic acids is 1. The zero-order chi connectivity index (χ0) is 13.8. The third-order valence-corrected chi connectivity index (χ3v) is 2.58. The van der Waals surface area contributed by atoms with E-state index in [1.165, 1.54) is 36.8 Å². The number of hydrogen-bond acceptors (Lipinski definition) is 4. The fourth-order valence-electron chi connectivity index (χ4n) is 1.34. The van der Waals surface area contributed by atoms with E-state index in [-0.39, 0.29) is 16.3 Å². The Balaban J connectivity index is 2.15. The van der Waals surface area contributed by atoms with Crippen LogP contribution in [0.2, 0.25) is 5.02 Å². The number of carboxylic acid groups (broad SMARTS) is 1. The standard InChI is InChI=1S/C12H8ClN3O3/c13-9-3-4-14-6-8(9)11(17)16-7-1-2-10(12(18)19)15-5-7/h1-6H,(H,16,17)(H,18,19). The second-order valence-electron chi connectivity index (χ2n) is 3.55. The first kappa shape index (κ1) is 13.0. The topological polar surface area (TPSA) is 92.2 Å². The van der Waals surface area contributed by atoms with Crippen LogP contribution in [-0.2, 0) is 0 Å². The largest absolute Gasteiger partial charge is 0.477 e. The van der Waals surface area contributed by atoms with Crippen LogP contribution in [0.15, 0.2) is 36.8 Å². The van der Waals surface area contributed by atoms with Crippen molar-refractivity contribution < 1.29 is 14.7 Å². The fraction of sp³-hybridized carbons (Fsp3) is 0. The first-order valence-corrected chi connectivity index (χ1v) is 5.56. The summed E-state index contributed by atoms with van der Waals surface area (Å²) in [6, 6.07) is 4.24. The number of anilines is 1. The lowest BCUT2D eigenvalue weighted by Gasteiger charge is -2.05. The van der Waals surface area contributed by atoms with Gasteiger partial charge < -0.3 is 10.4 Å². The summed E-state index contributed by atoms with van der Waals surface area (Å²) in [6.45, 7) is 0. The van der Waals surface area contributed by atoms with Crippen LogP contribution in [0.5, 0.6) is 0 Å². The molecule has 2 N–H and O–H groups in total. The van der Waals surface area contributed by atoms with Gasteiger partial charge in [0.05, 0.1) is 22.5 Å². The van der Waals surface area contributed by atoms with Crippen LogP contribution in [-0.4, -0.2) is 27.0 Å². The van der Waals surface area contributed by atoms with Crippen LogP contribution >= 0.6 is 11.6 Å². The van der Waals surface area contributed by atoms with Crippen molar-refractivity contribution >= 4 is 29.2 Å². The normalized spacial score (nSPS) is 9.95. The van der Waals surface area contributed by atoms with Gasteiger partial charge in [-0.05, 0) is 18.2 Å². The minimum absolute atomic E-state index is 0.0996. The molecule has 1 amide bonds. The molecule has 2 aromatic rings. The summed E-state index contributed by atoms with van der Waals surface area (Å²) in [6.07, 6.45) is 4.07. The minimum atomic E-state index is -1.13. The summed E-state index contributed by atoms with van der Waals surface area (Å²) >= 11 is 5.86. The lowest BCUT2D eigenvalue weighted by Crippen LogP contribution is -2.13. The highest BCUT2D eigenvalue weighted by Gasteiger charge is 2.11. The summed E-state index contributed by atoms with van der Waals surface area (Å²) in [5.74, 6) is -1.57. The highest BCUT2D eigenvalue weighted by molar-refractivity contribution is 6.34. The molecule has 6 nitrogen and oxygen atoms in total. The van der Waals surface area contributed by atoms with Crippen molar-refractivity contribution in [3.05, 3.63) is 53.1 Å². The third kappa shape index (κ3) is 3.05. The van der Waals surface area contributed by atoms with E-state index in [2.05, 4.69) is 15.3 Å². The van der Waals surface area contributed by atoms with Crippen molar-refractivity contribution in [2.75, 3.05) is 5.32 Å². The number of pyridine rings is 2. The quantitative estimate of drug-likeness (QED) is 0.896. The predicted octanol–water partition coefficient (Wildman–Crippen LogP) is 2.08. The number of nitrogens with zero attached hydrogens (tertiary/aromatic N) is 2. The van der Waals surface area contributed by atoms with E-state index >= 15 is 0 Å². The lowest BCUT2D eigenvalue weighted by molar-refractivity contribution is 0.0690. The van der Waals surface area contributed by atoms with E-state index in [4.69, 9.17) is 16.7 Å². The third-order valence-electron chi connectivity index (χ3n) is 2.25. The van der Waals surface area contributed by atoms with E-state index in [1.807, 2.05) is 0 Å². The van der Waals surface area contributed by atoms with Gasteiger partial charge in [0.1, 0.15) is 5.69 Å². The summed E-state index contributed by atoms with van der Waals surface area (Å²) in [5, 5.41) is 11.5. The van der Waals surface area contributed by atoms with Crippen LogP contribution in [0.25, 0.3) is 0 Å². The van der Waals surface area contributed by atoms with Gasteiger partial charge in [-0.25, -0.2) is 9.78 Å². The molecule has 19 heavy (non-hydrogen) atoms. The monoisotopic (exact) mass is 277 g/mol. The van der Waals surface area contributed by atoms with Crippen LogP contribution < -0.4 is 5.32 Å². The Labute approximate surface area is 113 Å². The maximum absolute atomic E-state index is 11.9. The van der Waals surface area contributed by atoms with Crippen molar-refractivity contribution in [3.8, 4) is 0 Å². The molecule has 0 spiro atoms. The highest BCUT2D eigenvalue weighted by atomic mass is 35.5. The molecule has 0 saturated carbocycles. The Hall–Kier alpha value is -2.47. The van der Waals surface area contributed by atoms with Crippen LogP contribution in [0, 0.1) is 0 Å². The van der Waals surface area contributed by atoms with Crippen molar-refractivity contribution in [3.63, 3.8) is 0 Å². The summed E-state index contributed by atoms with van der Waals surface area (Å²) in [4.78, 5) is 30.0. The number of aromatic nitrogens is 2. The molecular formula is C12H8ClN3O3. The predicted molar refractivity (Wildman–Crippen MR) is 68.4 cm³/mol. The average molecular weight is 278 g/mol. The molecule has 7 heteroatoms. The zero-order valence-electron chi connectivity index (χ0n) is 9.50. The fourth-order valence-corrected chi connectivity index (χ4v) is 1.53. The number of nitrogens with one attached hydrogen (secondary N) is 1. The van der Waals surface area contributed by atoms with E-state index in [0.717, 1.165) is 0 Å². The summed E-state index contributed by atoms with van der Waals surface area (Å²) < 4.78 is 0. The van der Waals surface area contributed by atoms with Crippen LogP contribution in [0.3, 0.4) is 0 Å². The maximum atomic E-state index is 11.9. The van der Waals surface area contributed by atoms with Gasteiger partial charge in [-0.1, -0.05) is 11.6 Å². The molecule has 2 rings (SSSR count). The number of carbonyl (C=O) groups is 2. The first-order valence-electron chi connectivity index (χ1n) is 5.18. The number of carbonyl (C=O) groups excluding carboxylic acids is 1. The van der Waals surface area contributed by atoms with E-state index in [9.17, 15) is 9.59 Å². The van der Waals surface area contributed by atoms with E-state index in [0.29, 0.717) is 5.69 Å². The Morgan fingerprint density at radius 1 is 1.21 bits per heavy atom. The number of rotatable bonds is 3. The zero-order valence-corrected chi connectivity index (χ0v) is 10.3. The molecular weight excluding hydrogens is 270 g/mol. The van der Waals surface area contributed by atoms with Crippen molar-refractivity contribution in [2.45, 2.75) is 0 Å². The van der Waals surface area contributed by atoms with Crippen LogP contribution in [0.4, 0.5) is 5.69 Å². The maximum Gasteiger partial charge on any atom is 0.354 e. The van der Waals surface area contributed by atoms with Gasteiger partial charge in [-0.3, -0.25) is 9.78 Å². The lowest BCUT2D eigenvalue weighted by atomic mass is 10.2. The number of hydrogen-bond donors (Lipinski definition) is 2. The van der Waals surface area contributed by atoms with E-state index < -0.39 is 11.9 Å². The van der Waals surface area contributed by atoms with Crippen LogP contribution in [0.1, 0.15) is 20.8 Å². The smallest absolute Gasteiger partial charge is 0.354 e. The summed E-state index contributed by atoms with van der Waals surface area (Å²) in [5.41, 5.74) is 0.499. The molecule has 0 aliphatic rings. The molecule has 96 valence electrons. The Morgan fingerprint density at radius 2 is 2.00 bits per heavy atom. The molecule has 0 aliphatic heterocycles. The number of aromatic carboxylic acids is 1. The second kappa shape index (κ2) is 5.45. The molecule has 0 radical (unpaired) electrons. The van der Waals surface area contributed by atoms with Gasteiger partial charge in [-0.2, -0.15) is 0 Å².